The van der Waals surface area contributed by atoms with Gasteiger partial charge in [0.1, 0.15) is 17.1 Å². The lowest BCUT2D eigenvalue weighted by Crippen LogP contribution is -2.40. The maximum absolute atomic E-state index is 11.2. The maximum atomic E-state index is 11.2. The molecule has 1 atom stereocenters. The van der Waals surface area contributed by atoms with Gasteiger partial charge in [-0.25, -0.2) is 4.99 Å². The molecule has 6 nitrogen and oxygen atoms in total. The number of benzene rings is 2. The Morgan fingerprint density at radius 3 is 2.67 bits per heavy atom. The molecule has 0 spiro atoms. The number of methoxy groups -OCH3 is 2. The fourth-order valence-electron chi connectivity index (χ4n) is 3.82. The molecule has 0 saturated heterocycles. The Kier molecular flexibility index (Phi) is 8.78. The Morgan fingerprint density at radius 2 is 1.97 bits per heavy atom. The average Bonchev–Trinajstić information content (AvgIpc) is 3.08. The van der Waals surface area contributed by atoms with E-state index < -0.39 is 5.60 Å². The molecule has 0 amide bonds. The van der Waals surface area contributed by atoms with Crippen molar-refractivity contribution in [2.24, 2.45) is 4.99 Å². The summed E-state index contributed by atoms with van der Waals surface area (Å²) in [5.41, 5.74) is 2.34. The predicted molar refractivity (Wildman–Crippen MR) is 131 cm³/mol. The first-order chi connectivity index (χ1) is 14.0. The van der Waals surface area contributed by atoms with Gasteiger partial charge in [-0.3, -0.25) is 0 Å². The van der Waals surface area contributed by atoms with E-state index in [1.165, 1.54) is 5.56 Å². The van der Waals surface area contributed by atoms with E-state index >= 15 is 0 Å². The van der Waals surface area contributed by atoms with Gasteiger partial charge >= 0.3 is 0 Å². The third-order valence-corrected chi connectivity index (χ3v) is 5.42. The summed E-state index contributed by atoms with van der Waals surface area (Å²) in [6.07, 6.45) is 1.59. The van der Waals surface area contributed by atoms with Crippen molar-refractivity contribution in [1.29, 1.82) is 0 Å². The van der Waals surface area contributed by atoms with Crippen molar-refractivity contribution in [2.75, 3.05) is 34.4 Å². The third kappa shape index (κ3) is 5.37. The van der Waals surface area contributed by atoms with E-state index in [1.54, 1.807) is 14.2 Å². The molecule has 1 aliphatic carbocycles. The van der Waals surface area contributed by atoms with Crippen LogP contribution in [0.5, 0.6) is 11.5 Å². The summed E-state index contributed by atoms with van der Waals surface area (Å²) in [6.45, 7) is 3.74. The molecule has 3 rings (SSSR count). The van der Waals surface area contributed by atoms with Crippen molar-refractivity contribution >= 4 is 29.9 Å². The van der Waals surface area contributed by atoms with Crippen molar-refractivity contribution < 1.29 is 14.6 Å². The Labute approximate surface area is 196 Å². The largest absolute Gasteiger partial charge is 0.497 e. The molecular weight excluding hydrogens is 493 g/mol. The van der Waals surface area contributed by atoms with E-state index in [0.717, 1.165) is 41.6 Å². The molecule has 7 heteroatoms. The second-order valence-corrected chi connectivity index (χ2v) is 7.39. The molecule has 0 heterocycles. The quantitative estimate of drug-likeness (QED) is 0.329. The van der Waals surface area contributed by atoms with E-state index in [9.17, 15) is 5.11 Å². The summed E-state index contributed by atoms with van der Waals surface area (Å²) < 4.78 is 10.8. The molecule has 164 valence electrons. The van der Waals surface area contributed by atoms with Gasteiger partial charge in [0.15, 0.2) is 5.96 Å². The minimum absolute atomic E-state index is 0. The van der Waals surface area contributed by atoms with Crippen LogP contribution in [0.25, 0.3) is 0 Å². The Hall–Kier alpha value is -2.00. The average molecular weight is 525 g/mol. The zero-order chi connectivity index (χ0) is 20.9. The summed E-state index contributed by atoms with van der Waals surface area (Å²) >= 11 is 0. The minimum atomic E-state index is -0.907. The smallest absolute Gasteiger partial charge is 0.194 e. The third-order valence-electron chi connectivity index (χ3n) is 5.42. The summed E-state index contributed by atoms with van der Waals surface area (Å²) in [7, 11) is 5.28. The van der Waals surface area contributed by atoms with Gasteiger partial charge in [0, 0.05) is 31.8 Å². The van der Waals surface area contributed by atoms with Crippen LogP contribution in [0.15, 0.2) is 47.5 Å². The van der Waals surface area contributed by atoms with Crippen LogP contribution in [-0.4, -0.2) is 50.3 Å². The van der Waals surface area contributed by atoms with E-state index in [2.05, 4.69) is 11.4 Å². The molecule has 0 aromatic heterocycles. The summed E-state index contributed by atoms with van der Waals surface area (Å²) in [6, 6.07) is 13.9. The molecule has 1 aliphatic rings. The number of rotatable bonds is 7. The van der Waals surface area contributed by atoms with E-state index in [1.807, 2.05) is 55.3 Å². The van der Waals surface area contributed by atoms with Gasteiger partial charge in [0.05, 0.1) is 20.8 Å². The van der Waals surface area contributed by atoms with Gasteiger partial charge in [-0.15, -0.1) is 24.0 Å². The Bertz CT molecular complexity index is 875. The second kappa shape index (κ2) is 10.9. The standard InChI is InChI=1S/C23H31N3O3.HI/c1-5-24-22(25-16-23(27)13-12-17-8-6-7-9-20(17)23)26(2)15-18-10-11-19(28-3)14-21(18)29-4;/h6-11,14,27H,5,12-13,15-16H2,1-4H3,(H,24,25);1H. The SMILES string of the molecule is CCNC(=NCC1(O)CCc2ccccc21)N(C)Cc1ccc(OC)cc1OC.I. The number of hydrogen-bond donors (Lipinski definition) is 2. The van der Waals surface area contributed by atoms with Crippen LogP contribution in [-0.2, 0) is 18.6 Å². The van der Waals surface area contributed by atoms with Crippen LogP contribution in [0.3, 0.4) is 0 Å². The van der Waals surface area contributed by atoms with Crippen molar-refractivity contribution in [3.63, 3.8) is 0 Å². The highest BCUT2D eigenvalue weighted by molar-refractivity contribution is 14.0. The predicted octanol–water partition coefficient (Wildman–Crippen LogP) is 3.55. The van der Waals surface area contributed by atoms with Crippen LogP contribution < -0.4 is 14.8 Å². The zero-order valence-corrected chi connectivity index (χ0v) is 20.5. The molecule has 0 bridgehead atoms. The van der Waals surface area contributed by atoms with Crippen LogP contribution in [0.2, 0.25) is 0 Å². The number of fused-ring (bicyclic) bond motifs is 1. The van der Waals surface area contributed by atoms with Crippen molar-refractivity contribution in [2.45, 2.75) is 31.9 Å². The molecular formula is C23H32IN3O3. The van der Waals surface area contributed by atoms with Gasteiger partial charge in [0.25, 0.3) is 0 Å². The monoisotopic (exact) mass is 525 g/mol. The zero-order valence-electron chi connectivity index (χ0n) is 18.1. The number of ether oxygens (including phenoxy) is 2. The van der Waals surface area contributed by atoms with Crippen molar-refractivity contribution in [3.8, 4) is 11.5 Å². The van der Waals surface area contributed by atoms with Gasteiger partial charge < -0.3 is 24.8 Å². The van der Waals surface area contributed by atoms with Gasteiger partial charge in [-0.05, 0) is 43.0 Å². The number of halogens is 1. The van der Waals surface area contributed by atoms with Crippen LogP contribution in [0.1, 0.15) is 30.0 Å². The highest BCUT2D eigenvalue weighted by Crippen LogP contribution is 2.37. The van der Waals surface area contributed by atoms with Gasteiger partial charge in [-0.1, -0.05) is 24.3 Å². The number of nitrogens with zero attached hydrogens (tertiary/aromatic N) is 2. The Balaban J connectivity index is 0.00000320. The first-order valence-electron chi connectivity index (χ1n) is 10.0. The summed E-state index contributed by atoms with van der Waals surface area (Å²) in [5, 5.41) is 14.5. The first-order valence-corrected chi connectivity index (χ1v) is 10.0. The number of guanidine groups is 1. The Morgan fingerprint density at radius 1 is 1.20 bits per heavy atom. The summed E-state index contributed by atoms with van der Waals surface area (Å²) in [4.78, 5) is 6.81. The molecule has 0 fully saturated rings. The number of aliphatic imine (C=N–C) groups is 1. The number of aryl methyl sites for hydroxylation is 1. The number of hydrogen-bond acceptors (Lipinski definition) is 4. The van der Waals surface area contributed by atoms with Gasteiger partial charge in [0.2, 0.25) is 0 Å². The molecule has 1 unspecified atom stereocenters. The normalized spacial score (nSPS) is 17.7. The fourth-order valence-corrected chi connectivity index (χ4v) is 3.82. The lowest BCUT2D eigenvalue weighted by atomic mass is 9.96. The molecule has 2 aromatic rings. The van der Waals surface area contributed by atoms with Crippen molar-refractivity contribution in [3.05, 3.63) is 59.2 Å². The van der Waals surface area contributed by atoms with Gasteiger partial charge in [-0.2, -0.15) is 0 Å². The van der Waals surface area contributed by atoms with E-state index in [4.69, 9.17) is 14.5 Å². The molecule has 2 aromatic carbocycles. The van der Waals surface area contributed by atoms with E-state index in [0.29, 0.717) is 19.5 Å². The lowest BCUT2D eigenvalue weighted by molar-refractivity contribution is 0.0483. The minimum Gasteiger partial charge on any atom is -0.497 e. The molecule has 0 saturated carbocycles. The highest BCUT2D eigenvalue weighted by atomic mass is 127. The summed E-state index contributed by atoms with van der Waals surface area (Å²) in [5.74, 6) is 2.29. The first kappa shape index (κ1) is 24.3. The van der Waals surface area contributed by atoms with Crippen molar-refractivity contribution in [1.82, 2.24) is 10.2 Å². The molecule has 30 heavy (non-hydrogen) atoms. The highest BCUT2D eigenvalue weighted by Gasteiger charge is 2.36. The van der Waals surface area contributed by atoms with E-state index in [-0.39, 0.29) is 24.0 Å². The van der Waals surface area contributed by atoms with Crippen LogP contribution >= 0.6 is 24.0 Å². The molecule has 0 radical (unpaired) electrons. The van der Waals surface area contributed by atoms with Crippen LogP contribution in [0.4, 0.5) is 0 Å². The number of aliphatic hydroxyl groups is 1. The maximum Gasteiger partial charge on any atom is 0.194 e. The number of nitrogens with one attached hydrogen (secondary N) is 1. The topological polar surface area (TPSA) is 66.3 Å². The fraction of sp³-hybridized carbons (Fsp3) is 0.435. The second-order valence-electron chi connectivity index (χ2n) is 7.39. The molecule has 2 N–H and O–H groups in total. The molecule has 0 aliphatic heterocycles. The lowest BCUT2D eigenvalue weighted by Gasteiger charge is -2.26. The van der Waals surface area contributed by atoms with Crippen LogP contribution in [0, 0.1) is 0 Å².